The number of carbonyl (C=O) groups is 3. The van der Waals surface area contributed by atoms with Crippen molar-refractivity contribution in [2.75, 3.05) is 42.5 Å². The minimum atomic E-state index is -1.89. The Balaban J connectivity index is 1.28. The van der Waals surface area contributed by atoms with E-state index < -0.39 is 124 Å². The number of hydrogen-bond donors (Lipinski definition) is 5. The van der Waals surface area contributed by atoms with Gasteiger partial charge in [-0.15, -0.1) is 0 Å². The van der Waals surface area contributed by atoms with E-state index in [1.54, 1.807) is 19.0 Å². The van der Waals surface area contributed by atoms with Gasteiger partial charge in [-0.2, -0.15) is 0 Å². The van der Waals surface area contributed by atoms with Crippen LogP contribution in [0.4, 0.5) is 0 Å². The number of rotatable bonds is 7. The van der Waals surface area contributed by atoms with Crippen LogP contribution in [0.25, 0.3) is 0 Å². The molecule has 0 amide bonds. The molecule has 0 radical (unpaired) electrons. The maximum absolute atomic E-state index is 14.7. The summed E-state index contributed by atoms with van der Waals surface area (Å²) in [4.78, 5) is 44.3. The lowest BCUT2D eigenvalue weighted by Gasteiger charge is -2.61. The molecular formula is C38H45NO16. The Hall–Kier alpha value is -3.75. The molecule has 17 nitrogen and oxygen atoms in total. The van der Waals surface area contributed by atoms with Gasteiger partial charge >= 0.3 is 5.97 Å². The molecule has 13 atom stereocenters. The molecular weight excluding hydrogens is 726 g/mol. The minimum Gasteiger partial charge on any atom is -0.507 e. The Labute approximate surface area is 315 Å². The number of aromatic hydroxyl groups is 2. The molecule has 55 heavy (non-hydrogen) atoms. The molecule has 9 rings (SSSR count). The fraction of sp³-hybridized carbons (Fsp3) is 0.605. The highest BCUT2D eigenvalue weighted by atomic mass is 16.7. The number of methoxy groups -OCH3 is 4. The lowest BCUT2D eigenvalue weighted by molar-refractivity contribution is -0.403. The number of benzene rings is 2. The normalized spacial score (nSPS) is 39.6. The van der Waals surface area contributed by atoms with Crippen LogP contribution >= 0.6 is 0 Å². The fourth-order valence-electron chi connectivity index (χ4n) is 9.96. The first-order chi connectivity index (χ1) is 25.9. The van der Waals surface area contributed by atoms with Crippen molar-refractivity contribution in [2.45, 2.75) is 105 Å². The van der Waals surface area contributed by atoms with Gasteiger partial charge in [-0.3, -0.25) is 14.4 Å². The second kappa shape index (κ2) is 12.6. The van der Waals surface area contributed by atoms with Gasteiger partial charge in [0.25, 0.3) is 0 Å². The topological polar surface area (TPSA) is 229 Å². The van der Waals surface area contributed by atoms with E-state index in [9.17, 15) is 39.9 Å². The van der Waals surface area contributed by atoms with Crippen molar-refractivity contribution < 1.29 is 77.8 Å². The van der Waals surface area contributed by atoms with E-state index in [-0.39, 0.29) is 34.4 Å². The van der Waals surface area contributed by atoms with Crippen LogP contribution in [0.5, 0.6) is 17.2 Å². The number of fused-ring (bicyclic) bond motifs is 10. The van der Waals surface area contributed by atoms with Crippen LogP contribution in [0.3, 0.4) is 0 Å². The van der Waals surface area contributed by atoms with Gasteiger partial charge in [0.05, 0.1) is 47.7 Å². The summed E-state index contributed by atoms with van der Waals surface area (Å²) in [5, 5.41) is 58.2. The van der Waals surface area contributed by atoms with E-state index in [1.807, 2.05) is 0 Å². The highest BCUT2D eigenvalue weighted by Crippen LogP contribution is 2.57. The number of ketones is 2. The predicted octanol–water partition coefficient (Wildman–Crippen LogP) is 0.502. The van der Waals surface area contributed by atoms with Crippen molar-refractivity contribution in [3.8, 4) is 17.2 Å². The Morgan fingerprint density at radius 3 is 2.25 bits per heavy atom. The van der Waals surface area contributed by atoms with Crippen LogP contribution in [0.2, 0.25) is 0 Å². The SMILES string of the molecule is COC(=O)[C@@H]1c2cc3c(c(O)c2[C@@H](OC2OC4CC(OC)(C4OC)C2OC)C[C@]1(C)O)C(=O)c1c(O)cc2c(c1C3=O)O[C@H]1O[C@]2(C)[C@H](O)[C@@H](N(C)C)[C@@H]1O. The molecule has 0 spiro atoms. The number of ether oxygens (including phenoxy) is 8. The average Bonchev–Trinajstić information content (AvgIpc) is 3.11. The molecule has 4 heterocycles. The molecule has 0 aromatic heterocycles. The Morgan fingerprint density at radius 1 is 0.945 bits per heavy atom. The van der Waals surface area contributed by atoms with Crippen molar-refractivity contribution in [3.05, 3.63) is 51.1 Å². The average molecular weight is 772 g/mol. The van der Waals surface area contributed by atoms with Crippen LogP contribution < -0.4 is 4.74 Å². The molecule has 4 fully saturated rings. The molecule has 1 saturated carbocycles. The molecule has 3 saturated heterocycles. The molecule has 5 unspecified atom stereocenters. The summed E-state index contributed by atoms with van der Waals surface area (Å²) in [6, 6.07) is 1.52. The van der Waals surface area contributed by atoms with Gasteiger partial charge in [0.2, 0.25) is 12.1 Å². The van der Waals surface area contributed by atoms with Gasteiger partial charge in [0.15, 0.2) is 12.1 Å². The third-order valence-electron chi connectivity index (χ3n) is 12.7. The van der Waals surface area contributed by atoms with E-state index in [0.717, 1.165) is 13.2 Å². The first-order valence-electron chi connectivity index (χ1n) is 17.9. The number of phenols is 2. The van der Waals surface area contributed by atoms with E-state index in [4.69, 9.17) is 37.9 Å². The van der Waals surface area contributed by atoms with Crippen molar-refractivity contribution in [3.63, 3.8) is 0 Å². The maximum Gasteiger partial charge on any atom is 0.316 e. The van der Waals surface area contributed by atoms with Crippen molar-refractivity contribution >= 4 is 17.5 Å². The lowest BCUT2D eigenvalue weighted by Crippen LogP contribution is -2.78. The van der Waals surface area contributed by atoms with Gasteiger partial charge in [-0.05, 0) is 45.6 Å². The highest BCUT2D eigenvalue weighted by Gasteiger charge is 2.68. The summed E-state index contributed by atoms with van der Waals surface area (Å²) < 4.78 is 47.2. The molecule has 4 aliphatic heterocycles. The molecule has 2 aromatic rings. The lowest BCUT2D eigenvalue weighted by atomic mass is 9.67. The first kappa shape index (κ1) is 38.1. The Morgan fingerprint density at radius 2 is 1.64 bits per heavy atom. The number of esters is 1. The van der Waals surface area contributed by atoms with Crippen LogP contribution in [-0.2, 0) is 43.6 Å². The quantitative estimate of drug-likeness (QED) is 0.206. The summed E-state index contributed by atoms with van der Waals surface area (Å²) in [6.07, 6.45) is -8.20. The molecule has 4 bridgehead atoms. The van der Waals surface area contributed by atoms with E-state index in [1.165, 1.54) is 41.2 Å². The van der Waals surface area contributed by atoms with Crippen LogP contribution in [0.1, 0.15) is 87.2 Å². The number of aliphatic hydroxyl groups is 3. The largest absolute Gasteiger partial charge is 0.507 e. The number of likely N-dealkylation sites (N-methyl/N-ethyl adjacent to an activating group) is 1. The second-order valence-electron chi connectivity index (χ2n) is 15.8. The number of nitrogens with zero attached hydrogens (tertiary/aromatic N) is 1. The second-order valence-corrected chi connectivity index (χ2v) is 15.8. The Bertz CT molecular complexity index is 2000. The van der Waals surface area contributed by atoms with Crippen molar-refractivity contribution in [1.29, 1.82) is 0 Å². The number of carbonyl (C=O) groups excluding carboxylic acids is 3. The van der Waals surface area contributed by atoms with Gasteiger partial charge in [0.1, 0.15) is 58.8 Å². The van der Waals surface area contributed by atoms with E-state index in [2.05, 4.69) is 0 Å². The van der Waals surface area contributed by atoms with E-state index >= 15 is 0 Å². The maximum atomic E-state index is 14.7. The molecule has 5 N–H and O–H groups in total. The molecule has 2 aromatic carbocycles. The molecule has 3 aliphatic carbocycles. The Kier molecular flexibility index (Phi) is 8.76. The van der Waals surface area contributed by atoms with Gasteiger partial charge in [0, 0.05) is 50.9 Å². The number of hydrogen-bond acceptors (Lipinski definition) is 17. The number of phenolic OH excluding ortho intramolecular Hbond substituents is 2. The van der Waals surface area contributed by atoms with Crippen molar-refractivity contribution in [2.24, 2.45) is 0 Å². The van der Waals surface area contributed by atoms with Gasteiger partial charge in [-0.1, -0.05) is 0 Å². The third-order valence-corrected chi connectivity index (χ3v) is 12.7. The smallest absolute Gasteiger partial charge is 0.316 e. The summed E-state index contributed by atoms with van der Waals surface area (Å²) in [5.41, 5.74) is -6.28. The summed E-state index contributed by atoms with van der Waals surface area (Å²) >= 11 is 0. The zero-order chi connectivity index (χ0) is 39.8. The zero-order valence-corrected chi connectivity index (χ0v) is 31.5. The zero-order valence-electron chi connectivity index (χ0n) is 31.5. The fourth-order valence-corrected chi connectivity index (χ4v) is 9.96. The summed E-state index contributed by atoms with van der Waals surface area (Å²) in [6.45, 7) is 2.91. The standard InChI is InChI=1S/C38H45NO16/c1-36(47)11-17(52-35-32(49-6)38(51-8)12-18(53-35)31(38)48-5)19-13(23(36)33(46)50-7)9-14-20(26(19)42)27(43)21-16(40)10-15-29(22(21)25(14)41)54-34-28(44)24(39(3)4)30(45)37(15,2)55-34/h9-10,17-18,23-24,28,30-32,34-35,40,42,44-45,47H,11-12H2,1-8H3/t17-,18?,23-,24-,28-,30+,31?,32?,34-,35?,36-,37-,38?/m0/s1. The van der Waals surface area contributed by atoms with Crippen molar-refractivity contribution in [1.82, 2.24) is 4.90 Å². The highest BCUT2D eigenvalue weighted by molar-refractivity contribution is 6.31. The molecule has 17 heteroatoms. The van der Waals surface area contributed by atoms with Gasteiger partial charge in [-0.25, -0.2) is 0 Å². The minimum absolute atomic E-state index is 0.0460. The van der Waals surface area contributed by atoms with Crippen LogP contribution in [-0.4, -0.2) is 151 Å². The monoisotopic (exact) mass is 771 g/mol. The molecule has 298 valence electrons. The first-order valence-corrected chi connectivity index (χ1v) is 17.9. The van der Waals surface area contributed by atoms with E-state index in [0.29, 0.717) is 6.42 Å². The predicted molar refractivity (Wildman–Crippen MR) is 184 cm³/mol. The molecule has 7 aliphatic rings. The number of aliphatic hydroxyl groups excluding tert-OH is 2. The van der Waals surface area contributed by atoms with Crippen LogP contribution in [0, 0.1) is 0 Å². The van der Waals surface area contributed by atoms with Gasteiger partial charge < -0.3 is 68.3 Å². The summed E-state index contributed by atoms with van der Waals surface area (Å²) in [7, 11) is 8.91. The van der Waals surface area contributed by atoms with Crippen LogP contribution in [0.15, 0.2) is 12.1 Å². The summed E-state index contributed by atoms with van der Waals surface area (Å²) in [5.74, 6) is -5.78. The third kappa shape index (κ3) is 4.92.